The number of hydrogen-bond acceptors (Lipinski definition) is 3. The molecule has 0 bridgehead atoms. The van der Waals surface area contributed by atoms with Gasteiger partial charge in [-0.2, -0.15) is 5.10 Å². The van der Waals surface area contributed by atoms with Crippen LogP contribution in [0.1, 0.15) is 27.2 Å². The normalized spacial score (nSPS) is 12.0. The standard InChI is InChI=1S/C11H22N4O/c1-11(2,3)5-6-12-7-8-15-10(16)14(4)9-13-15/h9,12H,5-8H2,1-4H3. The highest BCUT2D eigenvalue weighted by Gasteiger charge is 2.08. The highest BCUT2D eigenvalue weighted by molar-refractivity contribution is 4.66. The summed E-state index contributed by atoms with van der Waals surface area (Å²) in [5, 5.41) is 7.31. The molecule has 1 heterocycles. The fourth-order valence-corrected chi connectivity index (χ4v) is 1.35. The molecule has 0 amide bonds. The van der Waals surface area contributed by atoms with Crippen molar-refractivity contribution < 1.29 is 0 Å². The summed E-state index contributed by atoms with van der Waals surface area (Å²) in [6, 6.07) is 0. The third kappa shape index (κ3) is 4.18. The van der Waals surface area contributed by atoms with Crippen LogP contribution in [0.3, 0.4) is 0 Å². The molecule has 5 heteroatoms. The zero-order valence-corrected chi connectivity index (χ0v) is 10.7. The molecule has 0 saturated heterocycles. The SMILES string of the molecule is Cn1cnn(CCNCCC(C)(C)C)c1=O. The Morgan fingerprint density at radius 1 is 1.38 bits per heavy atom. The molecule has 0 unspecified atom stereocenters. The van der Waals surface area contributed by atoms with Crippen LogP contribution in [0.25, 0.3) is 0 Å². The Bertz CT molecular complexity index is 372. The Morgan fingerprint density at radius 2 is 2.06 bits per heavy atom. The van der Waals surface area contributed by atoms with Crippen LogP contribution in [0.2, 0.25) is 0 Å². The monoisotopic (exact) mass is 226 g/mol. The van der Waals surface area contributed by atoms with Gasteiger partial charge in [-0.15, -0.1) is 0 Å². The van der Waals surface area contributed by atoms with Gasteiger partial charge in [0.25, 0.3) is 0 Å². The zero-order valence-electron chi connectivity index (χ0n) is 10.7. The second-order valence-corrected chi connectivity index (χ2v) is 5.31. The minimum Gasteiger partial charge on any atom is -0.315 e. The van der Waals surface area contributed by atoms with Crippen LogP contribution in [0.4, 0.5) is 0 Å². The predicted octanol–water partition coefficient (Wildman–Crippen LogP) is 0.608. The van der Waals surface area contributed by atoms with E-state index in [9.17, 15) is 4.79 Å². The first-order chi connectivity index (χ1) is 7.40. The third-order valence-electron chi connectivity index (χ3n) is 2.44. The summed E-state index contributed by atoms with van der Waals surface area (Å²) in [5.74, 6) is 0. The predicted molar refractivity (Wildman–Crippen MR) is 64.4 cm³/mol. The largest absolute Gasteiger partial charge is 0.345 e. The number of nitrogens with one attached hydrogen (secondary N) is 1. The van der Waals surface area contributed by atoms with E-state index in [4.69, 9.17) is 0 Å². The summed E-state index contributed by atoms with van der Waals surface area (Å²) in [4.78, 5) is 11.4. The van der Waals surface area contributed by atoms with E-state index >= 15 is 0 Å². The van der Waals surface area contributed by atoms with Gasteiger partial charge in [-0.05, 0) is 18.4 Å². The summed E-state index contributed by atoms with van der Waals surface area (Å²) in [6.45, 7) is 9.05. The van der Waals surface area contributed by atoms with E-state index in [1.165, 1.54) is 15.6 Å². The molecule has 0 aliphatic rings. The number of aromatic nitrogens is 3. The summed E-state index contributed by atoms with van der Waals surface area (Å²) in [6.07, 6.45) is 2.67. The molecule has 1 aromatic rings. The quantitative estimate of drug-likeness (QED) is 0.748. The van der Waals surface area contributed by atoms with Gasteiger partial charge in [0.15, 0.2) is 0 Å². The molecule has 16 heavy (non-hydrogen) atoms. The molecule has 0 aromatic carbocycles. The maximum Gasteiger partial charge on any atom is 0.345 e. The highest BCUT2D eigenvalue weighted by atomic mass is 16.2. The van der Waals surface area contributed by atoms with Gasteiger partial charge in [0.05, 0.1) is 6.54 Å². The van der Waals surface area contributed by atoms with Crippen molar-refractivity contribution in [3.8, 4) is 0 Å². The Balaban J connectivity index is 2.22. The second-order valence-electron chi connectivity index (χ2n) is 5.31. The average molecular weight is 226 g/mol. The fraction of sp³-hybridized carbons (Fsp3) is 0.818. The van der Waals surface area contributed by atoms with Crippen molar-refractivity contribution >= 4 is 0 Å². The first kappa shape index (κ1) is 13.0. The van der Waals surface area contributed by atoms with Crippen molar-refractivity contribution in [2.24, 2.45) is 12.5 Å². The molecule has 0 spiro atoms. The van der Waals surface area contributed by atoms with Gasteiger partial charge >= 0.3 is 5.69 Å². The van der Waals surface area contributed by atoms with Gasteiger partial charge in [-0.1, -0.05) is 20.8 Å². The zero-order chi connectivity index (χ0) is 12.2. The average Bonchev–Trinajstić information content (AvgIpc) is 2.47. The number of rotatable bonds is 5. The third-order valence-corrected chi connectivity index (χ3v) is 2.44. The first-order valence-electron chi connectivity index (χ1n) is 5.69. The van der Waals surface area contributed by atoms with Crippen molar-refractivity contribution in [1.29, 1.82) is 0 Å². The second kappa shape index (κ2) is 5.30. The molecule has 0 atom stereocenters. The Hall–Kier alpha value is -1.10. The molecule has 0 saturated carbocycles. The maximum atomic E-state index is 11.4. The van der Waals surface area contributed by atoms with E-state index in [0.717, 1.165) is 19.5 Å². The molecule has 1 rings (SSSR count). The van der Waals surface area contributed by atoms with Gasteiger partial charge in [-0.3, -0.25) is 4.57 Å². The smallest absolute Gasteiger partial charge is 0.315 e. The minimum atomic E-state index is -0.0578. The van der Waals surface area contributed by atoms with E-state index in [2.05, 4.69) is 31.2 Å². The Kier molecular flexibility index (Phi) is 4.29. The van der Waals surface area contributed by atoms with Crippen LogP contribution in [0.5, 0.6) is 0 Å². The molecule has 0 aliphatic carbocycles. The van der Waals surface area contributed by atoms with Crippen molar-refractivity contribution in [3.05, 3.63) is 16.8 Å². The van der Waals surface area contributed by atoms with E-state index in [1.807, 2.05) is 0 Å². The van der Waals surface area contributed by atoms with Crippen molar-refractivity contribution in [1.82, 2.24) is 19.7 Å². The molecule has 0 aliphatic heterocycles. The highest BCUT2D eigenvalue weighted by Crippen LogP contribution is 2.16. The summed E-state index contributed by atoms with van der Waals surface area (Å²) in [7, 11) is 1.71. The van der Waals surface area contributed by atoms with Crippen LogP contribution in [0.15, 0.2) is 11.1 Å². The van der Waals surface area contributed by atoms with Crippen molar-refractivity contribution in [3.63, 3.8) is 0 Å². The van der Waals surface area contributed by atoms with Crippen LogP contribution < -0.4 is 11.0 Å². The van der Waals surface area contributed by atoms with Crippen LogP contribution in [0, 0.1) is 5.41 Å². The van der Waals surface area contributed by atoms with E-state index in [0.29, 0.717) is 12.0 Å². The Morgan fingerprint density at radius 3 is 2.56 bits per heavy atom. The summed E-state index contributed by atoms with van der Waals surface area (Å²) < 4.78 is 2.96. The summed E-state index contributed by atoms with van der Waals surface area (Å²) in [5.41, 5.74) is 0.298. The van der Waals surface area contributed by atoms with Crippen LogP contribution >= 0.6 is 0 Å². The molecule has 0 radical (unpaired) electrons. The van der Waals surface area contributed by atoms with E-state index < -0.39 is 0 Å². The lowest BCUT2D eigenvalue weighted by molar-refractivity contribution is 0.364. The van der Waals surface area contributed by atoms with Crippen LogP contribution in [-0.4, -0.2) is 27.4 Å². The van der Waals surface area contributed by atoms with Gasteiger partial charge in [0.2, 0.25) is 0 Å². The van der Waals surface area contributed by atoms with Gasteiger partial charge < -0.3 is 5.32 Å². The maximum absolute atomic E-state index is 11.4. The fourth-order valence-electron chi connectivity index (χ4n) is 1.35. The number of aryl methyl sites for hydroxylation is 1. The molecular weight excluding hydrogens is 204 g/mol. The van der Waals surface area contributed by atoms with Gasteiger partial charge in [0.1, 0.15) is 6.33 Å². The molecular formula is C11H22N4O. The summed E-state index contributed by atoms with van der Waals surface area (Å²) >= 11 is 0. The molecule has 5 nitrogen and oxygen atoms in total. The van der Waals surface area contributed by atoms with Gasteiger partial charge in [-0.25, -0.2) is 9.48 Å². The first-order valence-corrected chi connectivity index (χ1v) is 5.69. The lowest BCUT2D eigenvalue weighted by Crippen LogP contribution is -2.30. The number of nitrogens with zero attached hydrogens (tertiary/aromatic N) is 3. The molecule has 0 fully saturated rings. The molecule has 1 aromatic heterocycles. The van der Waals surface area contributed by atoms with E-state index in [-0.39, 0.29) is 5.69 Å². The van der Waals surface area contributed by atoms with Crippen LogP contribution in [-0.2, 0) is 13.6 Å². The number of hydrogen-bond donors (Lipinski definition) is 1. The lowest BCUT2D eigenvalue weighted by Gasteiger charge is -2.17. The Labute approximate surface area is 96.5 Å². The van der Waals surface area contributed by atoms with Crippen molar-refractivity contribution in [2.45, 2.75) is 33.7 Å². The van der Waals surface area contributed by atoms with Crippen molar-refractivity contribution in [2.75, 3.05) is 13.1 Å². The molecule has 1 N–H and O–H groups in total. The molecule has 92 valence electrons. The van der Waals surface area contributed by atoms with E-state index in [1.54, 1.807) is 7.05 Å². The van der Waals surface area contributed by atoms with Gasteiger partial charge in [0, 0.05) is 13.6 Å². The topological polar surface area (TPSA) is 51.9 Å². The minimum absolute atomic E-state index is 0.0578. The lowest BCUT2D eigenvalue weighted by atomic mass is 9.92.